The second-order valence-corrected chi connectivity index (χ2v) is 8.76. The van der Waals surface area contributed by atoms with Crippen LogP contribution in [0.1, 0.15) is 131 Å². The van der Waals surface area contributed by atoms with Gasteiger partial charge in [-0.1, -0.05) is 109 Å². The van der Waals surface area contributed by atoms with E-state index >= 15 is 0 Å². The number of esters is 2. The molecule has 0 aliphatic heterocycles. The van der Waals surface area contributed by atoms with Crippen LogP contribution in [0.5, 0.6) is 0 Å². The molecule has 0 radical (unpaired) electrons. The second kappa shape index (κ2) is 20.5. The molecule has 1 aromatic carbocycles. The Morgan fingerprint density at radius 3 is 1.67 bits per heavy atom. The third-order valence-corrected chi connectivity index (χ3v) is 5.74. The Morgan fingerprint density at radius 1 is 0.667 bits per heavy atom. The van der Waals surface area contributed by atoms with E-state index in [2.05, 4.69) is 13.8 Å². The van der Waals surface area contributed by atoms with Crippen molar-refractivity contribution < 1.29 is 19.1 Å². The number of allylic oxidation sites excluding steroid dienone is 1. The third-order valence-electron chi connectivity index (χ3n) is 5.74. The summed E-state index contributed by atoms with van der Waals surface area (Å²) in [5, 5.41) is 0. The Balaban J connectivity index is 2.09. The van der Waals surface area contributed by atoms with Crippen molar-refractivity contribution in [1.82, 2.24) is 0 Å². The van der Waals surface area contributed by atoms with Crippen LogP contribution in [0, 0.1) is 0 Å². The van der Waals surface area contributed by atoms with Gasteiger partial charge in [0.05, 0.1) is 24.3 Å². The van der Waals surface area contributed by atoms with Crippen LogP contribution in [0.15, 0.2) is 36.4 Å². The van der Waals surface area contributed by atoms with Gasteiger partial charge in [0.1, 0.15) is 0 Å². The van der Waals surface area contributed by atoms with Crippen molar-refractivity contribution in [3.63, 3.8) is 0 Å². The molecular formula is C29H46O4. The van der Waals surface area contributed by atoms with Gasteiger partial charge >= 0.3 is 11.9 Å². The first-order chi connectivity index (χ1) is 16.2. The van der Waals surface area contributed by atoms with Crippen LogP contribution < -0.4 is 0 Å². The number of carbonyl (C=O) groups is 2. The second-order valence-electron chi connectivity index (χ2n) is 8.76. The fourth-order valence-electron chi connectivity index (χ4n) is 3.73. The van der Waals surface area contributed by atoms with Crippen LogP contribution in [0.25, 0.3) is 0 Å². The van der Waals surface area contributed by atoms with Crippen molar-refractivity contribution in [2.45, 2.75) is 110 Å². The molecule has 0 saturated carbocycles. The molecule has 4 heteroatoms. The van der Waals surface area contributed by atoms with E-state index in [1.807, 2.05) is 12.2 Å². The number of hydrogen-bond acceptors (Lipinski definition) is 4. The monoisotopic (exact) mass is 458 g/mol. The fraction of sp³-hybridized carbons (Fsp3) is 0.655. The van der Waals surface area contributed by atoms with Crippen molar-refractivity contribution in [3.05, 3.63) is 47.5 Å². The zero-order chi connectivity index (χ0) is 24.0. The van der Waals surface area contributed by atoms with Crippen molar-refractivity contribution >= 4 is 11.9 Å². The summed E-state index contributed by atoms with van der Waals surface area (Å²) in [4.78, 5) is 24.4. The number of unbranched alkanes of at least 4 members (excludes halogenated alkanes) is 12. The highest BCUT2D eigenvalue weighted by Gasteiger charge is 2.12. The van der Waals surface area contributed by atoms with Gasteiger partial charge in [-0.3, -0.25) is 0 Å². The number of benzene rings is 1. The minimum absolute atomic E-state index is 0.336. The SMILES string of the molecule is CC/C=C\CCOC(=O)c1cccc(C(=O)OCCCCCCCCCCCCCCC)c1. The third kappa shape index (κ3) is 15.4. The van der Waals surface area contributed by atoms with E-state index in [1.165, 1.54) is 70.6 Å². The molecule has 186 valence electrons. The lowest BCUT2D eigenvalue weighted by molar-refractivity contribution is 0.0497. The molecule has 0 aromatic heterocycles. The van der Waals surface area contributed by atoms with E-state index < -0.39 is 5.97 Å². The lowest BCUT2D eigenvalue weighted by Gasteiger charge is -2.07. The zero-order valence-electron chi connectivity index (χ0n) is 21.1. The van der Waals surface area contributed by atoms with Crippen LogP contribution in [0.4, 0.5) is 0 Å². The summed E-state index contributed by atoms with van der Waals surface area (Å²) < 4.78 is 10.6. The van der Waals surface area contributed by atoms with Crippen molar-refractivity contribution in [2.75, 3.05) is 13.2 Å². The maximum atomic E-state index is 12.3. The molecule has 0 aliphatic rings. The Labute approximate surface area is 202 Å². The summed E-state index contributed by atoms with van der Waals surface area (Å²) >= 11 is 0. The van der Waals surface area contributed by atoms with Gasteiger partial charge in [0.25, 0.3) is 0 Å². The van der Waals surface area contributed by atoms with Crippen molar-refractivity contribution in [3.8, 4) is 0 Å². The zero-order valence-corrected chi connectivity index (χ0v) is 21.1. The van der Waals surface area contributed by atoms with E-state index in [9.17, 15) is 9.59 Å². The average Bonchev–Trinajstić information content (AvgIpc) is 2.84. The molecule has 1 aromatic rings. The minimum atomic E-state index is -0.411. The van der Waals surface area contributed by atoms with Gasteiger partial charge in [0.15, 0.2) is 0 Å². The molecule has 0 fully saturated rings. The topological polar surface area (TPSA) is 52.6 Å². The van der Waals surface area contributed by atoms with Crippen LogP contribution in [0.3, 0.4) is 0 Å². The number of hydrogen-bond donors (Lipinski definition) is 0. The predicted molar refractivity (Wildman–Crippen MR) is 137 cm³/mol. The molecule has 0 spiro atoms. The first kappa shape index (κ1) is 28.9. The molecule has 33 heavy (non-hydrogen) atoms. The van der Waals surface area contributed by atoms with E-state index in [-0.39, 0.29) is 5.97 Å². The van der Waals surface area contributed by atoms with Crippen LogP contribution >= 0.6 is 0 Å². The van der Waals surface area contributed by atoms with Gasteiger partial charge < -0.3 is 9.47 Å². The van der Waals surface area contributed by atoms with Crippen LogP contribution in [-0.4, -0.2) is 25.2 Å². The van der Waals surface area contributed by atoms with Gasteiger partial charge in [0.2, 0.25) is 0 Å². The van der Waals surface area contributed by atoms with Gasteiger partial charge in [-0.05, 0) is 37.5 Å². The summed E-state index contributed by atoms with van der Waals surface area (Å²) in [5.41, 5.74) is 0.773. The Morgan fingerprint density at radius 2 is 1.15 bits per heavy atom. The lowest BCUT2D eigenvalue weighted by atomic mass is 10.0. The van der Waals surface area contributed by atoms with Crippen LogP contribution in [0.2, 0.25) is 0 Å². The molecule has 0 bridgehead atoms. The molecule has 0 unspecified atom stereocenters. The molecule has 0 N–H and O–H groups in total. The molecule has 0 saturated heterocycles. The maximum absolute atomic E-state index is 12.3. The van der Waals surface area contributed by atoms with Gasteiger partial charge in [-0.2, -0.15) is 0 Å². The highest BCUT2D eigenvalue weighted by Crippen LogP contribution is 2.13. The minimum Gasteiger partial charge on any atom is -0.462 e. The molecule has 0 amide bonds. The molecule has 0 atom stereocenters. The Hall–Kier alpha value is -2.10. The van der Waals surface area contributed by atoms with Gasteiger partial charge in [-0.15, -0.1) is 0 Å². The van der Waals surface area contributed by atoms with Crippen LogP contribution in [-0.2, 0) is 9.47 Å². The highest BCUT2D eigenvalue weighted by atomic mass is 16.5. The van der Waals surface area contributed by atoms with E-state index in [0.717, 1.165) is 19.3 Å². The average molecular weight is 459 g/mol. The van der Waals surface area contributed by atoms with Crippen molar-refractivity contribution in [1.29, 1.82) is 0 Å². The number of ether oxygens (including phenoxy) is 2. The first-order valence-corrected chi connectivity index (χ1v) is 13.3. The number of rotatable bonds is 20. The first-order valence-electron chi connectivity index (χ1n) is 13.3. The summed E-state index contributed by atoms with van der Waals surface area (Å²) in [6.07, 6.45) is 22.4. The largest absolute Gasteiger partial charge is 0.462 e. The van der Waals surface area contributed by atoms with E-state index in [1.54, 1.807) is 24.3 Å². The quantitative estimate of drug-likeness (QED) is 0.112. The number of carbonyl (C=O) groups excluding carboxylic acids is 2. The van der Waals surface area contributed by atoms with E-state index in [0.29, 0.717) is 30.8 Å². The van der Waals surface area contributed by atoms with Gasteiger partial charge in [0, 0.05) is 0 Å². The predicted octanol–water partition coefficient (Wildman–Crippen LogP) is 8.45. The summed E-state index contributed by atoms with van der Waals surface area (Å²) in [5.74, 6) is -0.791. The van der Waals surface area contributed by atoms with Crippen molar-refractivity contribution in [2.24, 2.45) is 0 Å². The Kier molecular flexibility index (Phi) is 18.0. The summed E-state index contributed by atoms with van der Waals surface area (Å²) in [6, 6.07) is 6.58. The normalized spacial score (nSPS) is 11.1. The smallest absolute Gasteiger partial charge is 0.338 e. The molecule has 4 nitrogen and oxygen atoms in total. The lowest BCUT2D eigenvalue weighted by Crippen LogP contribution is -2.10. The standard InChI is InChI=1S/C29H46O4/c1-3-5-7-9-10-11-12-13-14-15-16-17-19-24-33-29(31)27-22-20-21-26(25-27)28(30)32-23-18-8-6-4-2/h6,8,20-22,25H,3-5,7,9-19,23-24H2,1-2H3/b8-6-. The van der Waals surface area contributed by atoms with E-state index in [4.69, 9.17) is 9.47 Å². The highest BCUT2D eigenvalue weighted by molar-refractivity contribution is 5.95. The molecule has 0 aliphatic carbocycles. The summed E-state index contributed by atoms with van der Waals surface area (Å²) in [7, 11) is 0. The summed E-state index contributed by atoms with van der Waals surface area (Å²) in [6.45, 7) is 5.09. The van der Waals surface area contributed by atoms with Gasteiger partial charge in [-0.25, -0.2) is 9.59 Å². The maximum Gasteiger partial charge on any atom is 0.338 e. The molecule has 1 rings (SSSR count). The fourth-order valence-corrected chi connectivity index (χ4v) is 3.73. The molecular weight excluding hydrogens is 412 g/mol. The molecule has 0 heterocycles. The Bertz CT molecular complexity index is 665.